The lowest BCUT2D eigenvalue weighted by Crippen LogP contribution is -2.29. The molecule has 4 unspecified atom stereocenters. The van der Waals surface area contributed by atoms with Crippen molar-refractivity contribution in [3.8, 4) is 0 Å². The van der Waals surface area contributed by atoms with Crippen molar-refractivity contribution in [2.24, 2.45) is 11.8 Å². The van der Waals surface area contributed by atoms with Crippen molar-refractivity contribution in [3.05, 3.63) is 36.5 Å². The van der Waals surface area contributed by atoms with Crippen LogP contribution in [-0.2, 0) is 38.1 Å². The van der Waals surface area contributed by atoms with E-state index >= 15 is 0 Å². The Morgan fingerprint density at radius 1 is 0.800 bits per heavy atom. The van der Waals surface area contributed by atoms with Gasteiger partial charge in [-0.15, -0.1) is 0 Å². The van der Waals surface area contributed by atoms with Crippen LogP contribution < -0.4 is 0 Å². The first-order chi connectivity index (χ1) is 14.0. The smallest absolute Gasteiger partial charge is 0.333 e. The van der Waals surface area contributed by atoms with Gasteiger partial charge in [0.1, 0.15) is 25.4 Å². The number of rotatable bonds is 10. The molecule has 0 saturated carbocycles. The van der Waals surface area contributed by atoms with Crippen molar-refractivity contribution in [1.29, 1.82) is 0 Å². The first-order valence-electron chi connectivity index (χ1n) is 9.75. The predicted octanol–water partition coefficient (Wildman–Crippen LogP) is 2.67. The zero-order chi connectivity index (χ0) is 22.8. The molecule has 0 aromatic heterocycles. The van der Waals surface area contributed by atoms with E-state index in [2.05, 4.69) is 13.2 Å². The minimum absolute atomic E-state index is 0.0611. The molecule has 0 amide bonds. The highest BCUT2D eigenvalue weighted by atomic mass is 16.6. The third-order valence-corrected chi connectivity index (χ3v) is 4.20. The first-order valence-corrected chi connectivity index (χ1v) is 9.75. The van der Waals surface area contributed by atoms with Crippen LogP contribution in [0.25, 0.3) is 0 Å². The Morgan fingerprint density at radius 2 is 1.13 bits per heavy atom. The number of hydrogen-bond donors (Lipinski definition) is 0. The summed E-state index contributed by atoms with van der Waals surface area (Å²) in [6.07, 6.45) is 2.91. The molecule has 1 aliphatic carbocycles. The average Bonchev–Trinajstić information content (AvgIpc) is 2.70. The van der Waals surface area contributed by atoms with Crippen molar-refractivity contribution >= 4 is 23.9 Å². The molecule has 0 aromatic rings. The van der Waals surface area contributed by atoms with Gasteiger partial charge in [0.2, 0.25) is 0 Å². The molecule has 8 heteroatoms. The summed E-state index contributed by atoms with van der Waals surface area (Å²) in [6.45, 7) is 13.1. The van der Waals surface area contributed by atoms with Gasteiger partial charge in [-0.2, -0.15) is 0 Å². The van der Waals surface area contributed by atoms with Gasteiger partial charge in [0.15, 0.2) is 0 Å². The number of hydrogen-bond acceptors (Lipinski definition) is 8. The normalized spacial score (nSPS) is 19.7. The van der Waals surface area contributed by atoms with Gasteiger partial charge in [-0.05, 0) is 40.5 Å². The van der Waals surface area contributed by atoms with Crippen molar-refractivity contribution in [2.75, 3.05) is 13.2 Å². The second-order valence-corrected chi connectivity index (χ2v) is 7.43. The molecule has 1 rings (SSSR count). The molecule has 30 heavy (non-hydrogen) atoms. The van der Waals surface area contributed by atoms with Crippen LogP contribution in [0.1, 0.15) is 40.5 Å². The van der Waals surface area contributed by atoms with Crippen molar-refractivity contribution in [1.82, 2.24) is 0 Å². The Balaban J connectivity index is 2.39. The quantitative estimate of drug-likeness (QED) is 0.229. The van der Waals surface area contributed by atoms with Crippen molar-refractivity contribution in [2.45, 2.75) is 52.7 Å². The van der Waals surface area contributed by atoms with Gasteiger partial charge in [-0.25, -0.2) is 9.59 Å². The van der Waals surface area contributed by atoms with Gasteiger partial charge in [0.05, 0.1) is 11.8 Å². The fourth-order valence-electron chi connectivity index (χ4n) is 2.46. The number of esters is 4. The van der Waals surface area contributed by atoms with E-state index in [0.29, 0.717) is 12.8 Å². The monoisotopic (exact) mass is 422 g/mol. The van der Waals surface area contributed by atoms with Gasteiger partial charge < -0.3 is 18.9 Å². The highest BCUT2D eigenvalue weighted by Gasteiger charge is 2.28. The molecule has 4 atom stereocenters. The molecule has 0 heterocycles. The van der Waals surface area contributed by atoms with Gasteiger partial charge >= 0.3 is 23.9 Å². The van der Waals surface area contributed by atoms with Crippen LogP contribution in [0.5, 0.6) is 0 Å². The molecule has 0 bridgehead atoms. The lowest BCUT2D eigenvalue weighted by atomic mass is 9.88. The number of ether oxygens (including phenoxy) is 4. The highest BCUT2D eigenvalue weighted by Crippen LogP contribution is 2.24. The van der Waals surface area contributed by atoms with Crippen LogP contribution in [-0.4, -0.2) is 49.3 Å². The summed E-state index contributed by atoms with van der Waals surface area (Å²) in [7, 11) is 0. The third-order valence-electron chi connectivity index (χ3n) is 4.20. The van der Waals surface area contributed by atoms with Gasteiger partial charge in [0, 0.05) is 11.1 Å². The molecule has 0 aliphatic heterocycles. The fraction of sp³-hybridized carbons (Fsp3) is 0.545. The van der Waals surface area contributed by atoms with E-state index in [9.17, 15) is 19.2 Å². The average molecular weight is 422 g/mol. The Bertz CT molecular complexity index is 661. The predicted molar refractivity (Wildman–Crippen MR) is 108 cm³/mol. The van der Waals surface area contributed by atoms with Crippen molar-refractivity contribution < 1.29 is 38.1 Å². The van der Waals surface area contributed by atoms with E-state index in [1.54, 1.807) is 26.0 Å². The van der Waals surface area contributed by atoms with E-state index in [1.165, 1.54) is 13.8 Å². The molecule has 0 N–H and O–H groups in total. The highest BCUT2D eigenvalue weighted by molar-refractivity contribution is 5.87. The molecular formula is C22H30O8. The summed E-state index contributed by atoms with van der Waals surface area (Å²) in [5.74, 6) is -2.93. The summed E-state index contributed by atoms with van der Waals surface area (Å²) in [5.41, 5.74) is 0.536. The number of carbonyl (C=O) groups is 4. The second kappa shape index (κ2) is 11.9. The molecule has 0 saturated heterocycles. The number of carbonyl (C=O) groups excluding carboxylic acids is 4. The van der Waals surface area contributed by atoms with Crippen LogP contribution in [0.3, 0.4) is 0 Å². The Hall–Kier alpha value is -2.90. The summed E-state index contributed by atoms with van der Waals surface area (Å²) >= 11 is 0. The van der Waals surface area contributed by atoms with Gasteiger partial charge in [-0.3, -0.25) is 9.59 Å². The van der Waals surface area contributed by atoms with E-state index in [1.807, 2.05) is 0 Å². The molecule has 8 nitrogen and oxygen atoms in total. The van der Waals surface area contributed by atoms with E-state index in [-0.39, 0.29) is 24.4 Å². The van der Waals surface area contributed by atoms with Crippen LogP contribution in [0, 0.1) is 11.8 Å². The molecule has 0 radical (unpaired) electrons. The van der Waals surface area contributed by atoms with E-state index in [0.717, 1.165) is 0 Å². The van der Waals surface area contributed by atoms with Gasteiger partial charge in [0.25, 0.3) is 0 Å². The zero-order valence-corrected chi connectivity index (χ0v) is 18.0. The molecule has 1 aliphatic rings. The topological polar surface area (TPSA) is 105 Å². The molecule has 0 fully saturated rings. The lowest BCUT2D eigenvalue weighted by Gasteiger charge is -2.22. The molecule has 0 spiro atoms. The standard InChI is InChI=1S/C22H30O8/c1-13(2)19(23)29-15(5)11-27-21(25)17-7-9-18(10-8-17)22(26)28-12-16(6)30-20(24)14(3)4/h7,9,15-18H,1,3,8,10-12H2,2,4-6H3. The lowest BCUT2D eigenvalue weighted by molar-refractivity contribution is -0.159. The third kappa shape index (κ3) is 8.63. The largest absolute Gasteiger partial charge is 0.461 e. The summed E-state index contributed by atoms with van der Waals surface area (Å²) in [5, 5.41) is 0. The maximum Gasteiger partial charge on any atom is 0.333 e. The van der Waals surface area contributed by atoms with E-state index < -0.39 is 47.9 Å². The fourth-order valence-corrected chi connectivity index (χ4v) is 2.46. The zero-order valence-electron chi connectivity index (χ0n) is 18.0. The SMILES string of the molecule is C=C(C)C(=O)OC(C)COC(=O)C1C=CC(C(=O)OCC(C)OC(=O)C(=C)C)CC1. The van der Waals surface area contributed by atoms with Gasteiger partial charge in [-0.1, -0.05) is 25.3 Å². The Morgan fingerprint density at radius 3 is 1.40 bits per heavy atom. The minimum Gasteiger partial charge on any atom is -0.461 e. The summed E-state index contributed by atoms with van der Waals surface area (Å²) < 4.78 is 20.5. The summed E-state index contributed by atoms with van der Waals surface area (Å²) in [4.78, 5) is 47.2. The van der Waals surface area contributed by atoms with E-state index in [4.69, 9.17) is 18.9 Å². The van der Waals surface area contributed by atoms with Crippen LogP contribution in [0.15, 0.2) is 36.5 Å². The second-order valence-electron chi connectivity index (χ2n) is 7.43. The Labute approximate surface area is 176 Å². The minimum atomic E-state index is -0.589. The molecular weight excluding hydrogens is 392 g/mol. The van der Waals surface area contributed by atoms with Crippen LogP contribution in [0.4, 0.5) is 0 Å². The Kier molecular flexibility index (Phi) is 10.0. The maximum atomic E-state index is 12.2. The summed E-state index contributed by atoms with van der Waals surface area (Å²) in [6, 6.07) is 0. The van der Waals surface area contributed by atoms with Crippen LogP contribution >= 0.6 is 0 Å². The maximum absolute atomic E-state index is 12.2. The van der Waals surface area contributed by atoms with Crippen LogP contribution in [0.2, 0.25) is 0 Å². The molecule has 166 valence electrons. The first kappa shape index (κ1) is 25.1. The van der Waals surface area contributed by atoms with Crippen molar-refractivity contribution in [3.63, 3.8) is 0 Å². The molecule has 0 aromatic carbocycles.